The van der Waals surface area contributed by atoms with Crippen molar-refractivity contribution in [3.05, 3.63) is 35.9 Å². The Balaban J connectivity index is 0.000000516. The van der Waals surface area contributed by atoms with Gasteiger partial charge in [0.1, 0.15) is 5.60 Å². The molecular formula is C23H42O4. The van der Waals surface area contributed by atoms with Gasteiger partial charge in [-0.15, -0.1) is 0 Å². The van der Waals surface area contributed by atoms with Gasteiger partial charge in [0.15, 0.2) is 0 Å². The normalized spacial score (nSPS) is 13.1. The van der Waals surface area contributed by atoms with Crippen LogP contribution in [0.15, 0.2) is 30.3 Å². The quantitative estimate of drug-likeness (QED) is 0.359. The molecule has 0 atom stereocenters. The third kappa shape index (κ3) is 12.2. The van der Waals surface area contributed by atoms with Gasteiger partial charge in [0, 0.05) is 0 Å². The zero-order valence-electron chi connectivity index (χ0n) is 19.4. The van der Waals surface area contributed by atoms with Gasteiger partial charge in [-0.1, -0.05) is 44.2 Å². The molecule has 0 radical (unpaired) electrons. The third-order valence-corrected chi connectivity index (χ3v) is 4.16. The molecule has 0 aliphatic carbocycles. The van der Waals surface area contributed by atoms with Gasteiger partial charge in [-0.05, 0) is 80.7 Å². The van der Waals surface area contributed by atoms with Gasteiger partial charge < -0.3 is 0 Å². The predicted octanol–water partition coefficient (Wildman–Crippen LogP) is 6.98. The van der Waals surface area contributed by atoms with Crippen LogP contribution in [0.1, 0.15) is 94.6 Å². The van der Waals surface area contributed by atoms with Gasteiger partial charge in [0.05, 0.1) is 16.8 Å². The molecule has 0 unspecified atom stereocenters. The summed E-state index contributed by atoms with van der Waals surface area (Å²) in [6.45, 7) is 22.2. The minimum absolute atomic E-state index is 0.174. The molecule has 0 spiro atoms. The maximum atomic E-state index is 5.48. The topological polar surface area (TPSA) is 36.9 Å². The third-order valence-electron chi connectivity index (χ3n) is 4.16. The molecule has 0 aliphatic rings. The molecule has 0 aliphatic heterocycles. The van der Waals surface area contributed by atoms with Crippen molar-refractivity contribution in [2.45, 2.75) is 111 Å². The Morgan fingerprint density at radius 1 is 0.593 bits per heavy atom. The van der Waals surface area contributed by atoms with Gasteiger partial charge in [-0.25, -0.2) is 19.6 Å². The lowest BCUT2D eigenvalue weighted by atomic mass is 9.99. The van der Waals surface area contributed by atoms with E-state index in [9.17, 15) is 0 Å². The summed E-state index contributed by atoms with van der Waals surface area (Å²) in [5.41, 5.74) is 0.0497. The first-order valence-corrected chi connectivity index (χ1v) is 9.93. The lowest BCUT2D eigenvalue weighted by Crippen LogP contribution is -2.31. The summed E-state index contributed by atoms with van der Waals surface area (Å²) in [4.78, 5) is 21.5. The van der Waals surface area contributed by atoms with Gasteiger partial charge in [0.2, 0.25) is 0 Å². The van der Waals surface area contributed by atoms with Gasteiger partial charge in [-0.3, -0.25) is 0 Å². The fourth-order valence-corrected chi connectivity index (χ4v) is 1.46. The van der Waals surface area contributed by atoms with Crippen LogP contribution in [0.5, 0.6) is 0 Å². The molecule has 4 nitrogen and oxygen atoms in total. The molecule has 27 heavy (non-hydrogen) atoms. The van der Waals surface area contributed by atoms with Gasteiger partial charge in [-0.2, -0.15) is 0 Å². The molecule has 0 amide bonds. The highest BCUT2D eigenvalue weighted by Gasteiger charge is 2.25. The van der Waals surface area contributed by atoms with E-state index in [1.54, 1.807) is 0 Å². The van der Waals surface area contributed by atoms with E-state index >= 15 is 0 Å². The first-order valence-electron chi connectivity index (χ1n) is 9.93. The molecule has 0 saturated carbocycles. The summed E-state index contributed by atoms with van der Waals surface area (Å²) in [5.74, 6) is 0. The Morgan fingerprint density at radius 3 is 1.33 bits per heavy atom. The first-order chi connectivity index (χ1) is 12.1. The van der Waals surface area contributed by atoms with Crippen molar-refractivity contribution in [2.24, 2.45) is 0 Å². The van der Waals surface area contributed by atoms with Crippen molar-refractivity contribution in [3.63, 3.8) is 0 Å². The van der Waals surface area contributed by atoms with E-state index in [-0.39, 0.29) is 16.8 Å². The molecule has 0 bridgehead atoms. The summed E-state index contributed by atoms with van der Waals surface area (Å²) in [7, 11) is 0. The maximum absolute atomic E-state index is 5.48. The molecule has 0 heterocycles. The monoisotopic (exact) mass is 382 g/mol. The van der Waals surface area contributed by atoms with Crippen LogP contribution in [-0.2, 0) is 25.2 Å². The summed E-state index contributed by atoms with van der Waals surface area (Å²) >= 11 is 0. The molecule has 0 aromatic heterocycles. The second-order valence-electron chi connectivity index (χ2n) is 9.55. The molecule has 1 aromatic carbocycles. The Morgan fingerprint density at radius 2 is 1.00 bits per heavy atom. The minimum Gasteiger partial charge on any atom is -0.230 e. The molecular weight excluding hydrogens is 340 g/mol. The van der Waals surface area contributed by atoms with Crippen LogP contribution >= 0.6 is 0 Å². The van der Waals surface area contributed by atoms with Gasteiger partial charge >= 0.3 is 0 Å². The van der Waals surface area contributed by atoms with Crippen molar-refractivity contribution in [1.29, 1.82) is 0 Å². The van der Waals surface area contributed by atoms with Crippen molar-refractivity contribution in [3.8, 4) is 0 Å². The summed E-state index contributed by atoms with van der Waals surface area (Å²) in [5, 5.41) is 0. The molecule has 158 valence electrons. The molecule has 0 fully saturated rings. The van der Waals surface area contributed by atoms with Crippen molar-refractivity contribution < 1.29 is 19.6 Å². The fourth-order valence-electron chi connectivity index (χ4n) is 1.46. The lowest BCUT2D eigenvalue weighted by Gasteiger charge is -2.29. The molecule has 1 aromatic rings. The minimum atomic E-state index is -0.422. The standard InChI is InChI=1S/C13H20O2.C10H22O2/c1-12(2,3)14-15-13(4,5)11-9-7-6-8-10-11;1-7-9(3,4)11-12-10(5,6)8-2/h6-10H,1-5H3;7-8H2,1-6H3. The van der Waals surface area contributed by atoms with E-state index in [4.69, 9.17) is 19.6 Å². The maximum Gasteiger partial charge on any atom is 0.123 e. The van der Waals surface area contributed by atoms with Gasteiger partial charge in [0.25, 0.3) is 0 Å². The number of rotatable bonds is 8. The predicted molar refractivity (Wildman–Crippen MR) is 112 cm³/mol. The number of benzene rings is 1. The SMILES string of the molecule is CC(C)(C)OOC(C)(C)c1ccccc1.CCC(C)(C)OOC(C)(C)CC. The van der Waals surface area contributed by atoms with Crippen molar-refractivity contribution >= 4 is 0 Å². The van der Waals surface area contributed by atoms with E-state index < -0.39 is 5.60 Å². The van der Waals surface area contributed by atoms with E-state index in [1.807, 2.05) is 92.6 Å². The van der Waals surface area contributed by atoms with E-state index in [0.717, 1.165) is 18.4 Å². The zero-order chi connectivity index (χ0) is 21.4. The number of hydrogen-bond acceptors (Lipinski definition) is 4. The summed E-state index contributed by atoms with van der Waals surface area (Å²) in [6.07, 6.45) is 1.90. The lowest BCUT2D eigenvalue weighted by molar-refractivity contribution is -0.401. The van der Waals surface area contributed by atoms with Crippen LogP contribution in [0, 0.1) is 0 Å². The van der Waals surface area contributed by atoms with E-state index in [2.05, 4.69) is 13.8 Å². The van der Waals surface area contributed by atoms with Crippen LogP contribution in [0.4, 0.5) is 0 Å². The Bertz CT molecular complexity index is 497. The average Bonchev–Trinajstić information content (AvgIpc) is 2.59. The van der Waals surface area contributed by atoms with Crippen LogP contribution < -0.4 is 0 Å². The summed E-state index contributed by atoms with van der Waals surface area (Å²) < 4.78 is 0. The highest BCUT2D eigenvalue weighted by Crippen LogP contribution is 2.26. The fraction of sp³-hybridized carbons (Fsp3) is 0.739. The molecule has 0 saturated heterocycles. The molecule has 4 heteroatoms. The van der Waals surface area contributed by atoms with Crippen LogP contribution in [0.25, 0.3) is 0 Å². The smallest absolute Gasteiger partial charge is 0.123 e. The highest BCUT2D eigenvalue weighted by molar-refractivity contribution is 5.20. The number of hydrogen-bond donors (Lipinski definition) is 0. The second kappa shape index (κ2) is 10.6. The zero-order valence-corrected chi connectivity index (χ0v) is 19.4. The Labute approximate surface area is 167 Å². The summed E-state index contributed by atoms with van der Waals surface area (Å²) in [6, 6.07) is 10.1. The molecule has 1 rings (SSSR count). The van der Waals surface area contributed by atoms with Crippen LogP contribution in [0.3, 0.4) is 0 Å². The van der Waals surface area contributed by atoms with Crippen LogP contribution in [-0.4, -0.2) is 16.8 Å². The van der Waals surface area contributed by atoms with Crippen molar-refractivity contribution in [1.82, 2.24) is 0 Å². The Hall–Kier alpha value is -0.940. The second-order valence-corrected chi connectivity index (χ2v) is 9.55. The molecule has 0 N–H and O–H groups in total. The largest absolute Gasteiger partial charge is 0.230 e. The van der Waals surface area contributed by atoms with Crippen LogP contribution in [0.2, 0.25) is 0 Å². The van der Waals surface area contributed by atoms with E-state index in [0.29, 0.717) is 0 Å². The average molecular weight is 383 g/mol. The van der Waals surface area contributed by atoms with Crippen molar-refractivity contribution in [2.75, 3.05) is 0 Å². The Kier molecular flexibility index (Phi) is 10.2. The highest BCUT2D eigenvalue weighted by atomic mass is 17.2. The van der Waals surface area contributed by atoms with E-state index in [1.165, 1.54) is 0 Å². The first kappa shape index (κ1) is 26.1.